The molecule has 0 aromatic heterocycles. The highest BCUT2D eigenvalue weighted by molar-refractivity contribution is 6.90. The second-order valence-electron chi connectivity index (χ2n) is 7.28. The first-order valence-electron chi connectivity index (χ1n) is 8.41. The summed E-state index contributed by atoms with van der Waals surface area (Å²) in [5.74, 6) is 3.34. The maximum absolute atomic E-state index is 10.1. The Bertz CT molecular complexity index is 657. The summed E-state index contributed by atoms with van der Waals surface area (Å²) in [6.45, 7) is 15.7. The van der Waals surface area contributed by atoms with Gasteiger partial charge in [-0.3, -0.25) is 0 Å². The van der Waals surface area contributed by atoms with Crippen LogP contribution in [-0.4, -0.2) is 13.2 Å². The summed E-state index contributed by atoms with van der Waals surface area (Å²) in [6, 6.07) is 3.25. The molecule has 1 aromatic carbocycles. The number of aromatic hydroxyl groups is 1. The molecule has 0 saturated heterocycles. The summed E-state index contributed by atoms with van der Waals surface area (Å²) in [4.78, 5) is 0. The highest BCUT2D eigenvalue weighted by atomic mass is 35.5. The molecule has 0 atom stereocenters. The molecule has 1 N–H and O–H groups in total. The van der Waals surface area contributed by atoms with Gasteiger partial charge in [-0.1, -0.05) is 70.7 Å². The van der Waals surface area contributed by atoms with Crippen LogP contribution in [0.3, 0.4) is 0 Å². The van der Waals surface area contributed by atoms with E-state index in [0.29, 0.717) is 27.2 Å². The maximum atomic E-state index is 10.1. The van der Waals surface area contributed by atoms with Crippen molar-refractivity contribution in [1.29, 1.82) is 0 Å². The van der Waals surface area contributed by atoms with Crippen LogP contribution in [-0.2, 0) is 0 Å². The molecule has 0 radical (unpaired) electrons. The summed E-state index contributed by atoms with van der Waals surface area (Å²) in [5, 5.41) is 10.9. The Hall–Kier alpha value is -0.883. The summed E-state index contributed by atoms with van der Waals surface area (Å²) >= 11 is 12.0. The molecule has 0 unspecified atom stereocenters. The van der Waals surface area contributed by atoms with Gasteiger partial charge in [-0.25, -0.2) is 0 Å². The van der Waals surface area contributed by atoms with Crippen LogP contribution in [0, 0.1) is 11.5 Å². The van der Waals surface area contributed by atoms with E-state index < -0.39 is 8.07 Å². The number of halogens is 2. The van der Waals surface area contributed by atoms with E-state index in [-0.39, 0.29) is 10.8 Å². The number of benzene rings is 1. The standard InChI is InChI=1S/C20H28Cl2OSi/c1-13(2)24(14(3)4,15(5)6)10-8-9-16(7)18-11-17(21)12-19(22)20(18)23/h9,11-15,23H,1-7H3/b16-9-. The lowest BCUT2D eigenvalue weighted by atomic mass is 10.1. The number of allylic oxidation sites excluding steroid dienone is 2. The van der Waals surface area contributed by atoms with Crippen molar-refractivity contribution in [2.75, 3.05) is 0 Å². The highest BCUT2D eigenvalue weighted by Gasteiger charge is 2.41. The smallest absolute Gasteiger partial charge is 0.146 e. The zero-order valence-corrected chi connectivity index (χ0v) is 18.2. The average molecular weight is 383 g/mol. The zero-order chi connectivity index (χ0) is 18.7. The molecule has 0 fully saturated rings. The number of phenolic OH excluding ortho intramolecular Hbond substituents is 1. The van der Waals surface area contributed by atoms with Crippen LogP contribution in [0.5, 0.6) is 5.75 Å². The molecule has 1 rings (SSSR count). The van der Waals surface area contributed by atoms with Crippen molar-refractivity contribution in [3.05, 3.63) is 33.8 Å². The first-order chi connectivity index (χ1) is 11.0. The minimum absolute atomic E-state index is 0.0525. The lowest BCUT2D eigenvalue weighted by Crippen LogP contribution is -2.43. The molecular formula is C20H28Cl2OSi. The molecule has 4 heteroatoms. The Morgan fingerprint density at radius 1 is 1.04 bits per heavy atom. The van der Waals surface area contributed by atoms with Crippen molar-refractivity contribution < 1.29 is 5.11 Å². The third kappa shape index (κ3) is 4.39. The van der Waals surface area contributed by atoms with Gasteiger partial charge < -0.3 is 5.11 Å². The van der Waals surface area contributed by atoms with Gasteiger partial charge in [0.1, 0.15) is 13.8 Å². The lowest BCUT2D eigenvalue weighted by molar-refractivity contribution is 0.474. The van der Waals surface area contributed by atoms with Crippen molar-refractivity contribution in [3.63, 3.8) is 0 Å². The van der Waals surface area contributed by atoms with Gasteiger partial charge in [0, 0.05) is 10.6 Å². The minimum Gasteiger partial charge on any atom is -0.506 e. The molecule has 0 spiro atoms. The van der Waals surface area contributed by atoms with E-state index in [2.05, 4.69) is 53.0 Å². The van der Waals surface area contributed by atoms with Gasteiger partial charge >= 0.3 is 0 Å². The average Bonchev–Trinajstić information content (AvgIpc) is 2.45. The lowest BCUT2D eigenvalue weighted by Gasteiger charge is -2.38. The van der Waals surface area contributed by atoms with Gasteiger partial charge in [-0.15, -0.1) is 5.54 Å². The molecule has 0 aliphatic carbocycles. The maximum Gasteiger partial charge on any atom is 0.146 e. The molecule has 1 nitrogen and oxygen atoms in total. The van der Waals surface area contributed by atoms with Crippen LogP contribution < -0.4 is 0 Å². The second-order valence-corrected chi connectivity index (χ2v) is 13.7. The Kier molecular flexibility index (Phi) is 7.47. The van der Waals surface area contributed by atoms with Gasteiger partial charge in [-0.2, -0.15) is 0 Å². The fourth-order valence-electron chi connectivity index (χ4n) is 3.65. The first kappa shape index (κ1) is 21.2. The first-order valence-corrected chi connectivity index (χ1v) is 11.4. The normalized spacial score (nSPS) is 12.8. The minimum atomic E-state index is -1.75. The molecule has 0 amide bonds. The Morgan fingerprint density at radius 2 is 1.54 bits per heavy atom. The number of hydrogen-bond acceptors (Lipinski definition) is 1. The third-order valence-corrected chi connectivity index (χ3v) is 11.7. The van der Waals surface area contributed by atoms with Crippen LogP contribution in [0.2, 0.25) is 26.7 Å². The molecule has 24 heavy (non-hydrogen) atoms. The summed E-state index contributed by atoms with van der Waals surface area (Å²) < 4.78 is 0. The van der Waals surface area contributed by atoms with Crippen LogP contribution in [0.25, 0.3) is 5.57 Å². The Balaban J connectivity index is 3.32. The van der Waals surface area contributed by atoms with E-state index in [1.165, 1.54) is 6.07 Å². The van der Waals surface area contributed by atoms with Gasteiger partial charge in [0.15, 0.2) is 0 Å². The third-order valence-electron chi connectivity index (χ3n) is 4.90. The van der Waals surface area contributed by atoms with E-state index in [4.69, 9.17) is 23.2 Å². The predicted molar refractivity (Wildman–Crippen MR) is 111 cm³/mol. The van der Waals surface area contributed by atoms with E-state index in [1.54, 1.807) is 6.07 Å². The van der Waals surface area contributed by atoms with Gasteiger partial charge in [0.2, 0.25) is 0 Å². The molecule has 0 bridgehead atoms. The van der Waals surface area contributed by atoms with Crippen molar-refractivity contribution in [3.8, 4) is 17.2 Å². The van der Waals surface area contributed by atoms with Crippen LogP contribution in [0.15, 0.2) is 18.2 Å². The number of phenols is 1. The second kappa shape index (κ2) is 8.47. The van der Waals surface area contributed by atoms with Gasteiger partial charge in [0.25, 0.3) is 0 Å². The van der Waals surface area contributed by atoms with Crippen LogP contribution >= 0.6 is 23.2 Å². The van der Waals surface area contributed by atoms with E-state index >= 15 is 0 Å². The predicted octanol–water partition coefficient (Wildman–Crippen LogP) is 7.32. The van der Waals surface area contributed by atoms with E-state index in [9.17, 15) is 5.11 Å². The molecule has 1 aromatic rings. The molecule has 0 saturated carbocycles. The highest BCUT2D eigenvalue weighted by Crippen LogP contribution is 2.41. The van der Waals surface area contributed by atoms with Gasteiger partial charge in [0.05, 0.1) is 5.02 Å². The fourth-order valence-corrected chi connectivity index (χ4v) is 9.33. The van der Waals surface area contributed by atoms with Crippen molar-refractivity contribution >= 4 is 36.8 Å². The van der Waals surface area contributed by atoms with Crippen LogP contribution in [0.4, 0.5) is 0 Å². The monoisotopic (exact) mass is 382 g/mol. The Morgan fingerprint density at radius 3 is 2.00 bits per heavy atom. The summed E-state index contributed by atoms with van der Waals surface area (Å²) in [5.41, 5.74) is 6.91. The van der Waals surface area contributed by atoms with E-state index in [1.807, 2.05) is 13.0 Å². The quantitative estimate of drug-likeness (QED) is 0.426. The molecule has 0 heterocycles. The molecular weight excluding hydrogens is 355 g/mol. The van der Waals surface area contributed by atoms with Crippen molar-refractivity contribution in [1.82, 2.24) is 0 Å². The zero-order valence-electron chi connectivity index (χ0n) is 15.7. The van der Waals surface area contributed by atoms with E-state index in [0.717, 1.165) is 5.57 Å². The summed E-state index contributed by atoms with van der Waals surface area (Å²) in [7, 11) is -1.75. The molecule has 132 valence electrons. The van der Waals surface area contributed by atoms with Crippen LogP contribution in [0.1, 0.15) is 54.0 Å². The van der Waals surface area contributed by atoms with Crippen molar-refractivity contribution in [2.24, 2.45) is 0 Å². The fraction of sp³-hybridized carbons (Fsp3) is 0.500. The largest absolute Gasteiger partial charge is 0.506 e. The Labute approximate surface area is 158 Å². The number of hydrogen-bond donors (Lipinski definition) is 1. The summed E-state index contributed by atoms with van der Waals surface area (Å²) in [6.07, 6.45) is 1.87. The van der Waals surface area contributed by atoms with Gasteiger partial charge in [-0.05, 0) is 47.3 Å². The number of rotatable bonds is 4. The molecule has 0 aliphatic rings. The SMILES string of the molecule is C/C(=C/C#C[Si](C(C)C)(C(C)C)C(C)C)c1cc(Cl)cc(Cl)c1O. The van der Waals surface area contributed by atoms with Crippen molar-refractivity contribution in [2.45, 2.75) is 65.1 Å². The molecule has 0 aliphatic heterocycles. The topological polar surface area (TPSA) is 20.2 Å².